The minimum atomic E-state index is 0.118. The fourth-order valence-corrected chi connectivity index (χ4v) is 1.81. The van der Waals surface area contributed by atoms with Gasteiger partial charge >= 0.3 is 0 Å². The number of nitrogens with two attached hydrogens (primary N) is 1. The number of hydrogen-bond acceptors (Lipinski definition) is 1. The van der Waals surface area contributed by atoms with E-state index in [1.165, 1.54) is 15.6 Å². The van der Waals surface area contributed by atoms with Crippen LogP contribution in [0.5, 0.6) is 0 Å². The number of rotatable bonds is 2. The van der Waals surface area contributed by atoms with Crippen molar-refractivity contribution in [3.63, 3.8) is 0 Å². The Morgan fingerprint density at radius 1 is 1.50 bits per heavy atom. The zero-order valence-electron chi connectivity index (χ0n) is 7.47. The van der Waals surface area contributed by atoms with Gasteiger partial charge in [-0.3, -0.25) is 0 Å². The summed E-state index contributed by atoms with van der Waals surface area (Å²) in [5, 5.41) is 0. The Hall–Kier alpha value is -0.340. The van der Waals surface area contributed by atoms with E-state index >= 15 is 0 Å². The molecule has 1 rings (SSSR count). The molecule has 1 atom stereocenters. The standard InChI is InChI=1S/C10H14BrN/c1-3-8-4-5-9(7(2)12)6-10(8)11/h4-7H,3,12H2,1-2H3. The summed E-state index contributed by atoms with van der Waals surface area (Å²) in [6.07, 6.45) is 1.06. The first kappa shape index (κ1) is 9.75. The van der Waals surface area contributed by atoms with Crippen LogP contribution in [0.3, 0.4) is 0 Å². The van der Waals surface area contributed by atoms with Crippen molar-refractivity contribution in [3.05, 3.63) is 33.8 Å². The zero-order chi connectivity index (χ0) is 9.14. The maximum Gasteiger partial charge on any atom is 0.0266 e. The molecular formula is C10H14BrN. The molecule has 0 aliphatic heterocycles. The first-order chi connectivity index (χ1) is 5.65. The van der Waals surface area contributed by atoms with Gasteiger partial charge in [0.2, 0.25) is 0 Å². The van der Waals surface area contributed by atoms with Crippen molar-refractivity contribution >= 4 is 15.9 Å². The normalized spacial score (nSPS) is 13.0. The van der Waals surface area contributed by atoms with Gasteiger partial charge in [0.15, 0.2) is 0 Å². The topological polar surface area (TPSA) is 26.0 Å². The van der Waals surface area contributed by atoms with Gasteiger partial charge in [-0.2, -0.15) is 0 Å². The van der Waals surface area contributed by atoms with Crippen molar-refractivity contribution in [1.82, 2.24) is 0 Å². The molecule has 0 heterocycles. The number of aryl methyl sites for hydroxylation is 1. The lowest BCUT2D eigenvalue weighted by molar-refractivity contribution is 0.816. The molecule has 1 aromatic carbocycles. The third kappa shape index (κ3) is 2.08. The van der Waals surface area contributed by atoms with Crippen LogP contribution in [0, 0.1) is 0 Å². The summed E-state index contributed by atoms with van der Waals surface area (Å²) in [5.41, 5.74) is 8.27. The molecular weight excluding hydrogens is 214 g/mol. The van der Waals surface area contributed by atoms with E-state index in [-0.39, 0.29) is 6.04 Å². The van der Waals surface area contributed by atoms with Crippen LogP contribution in [0.1, 0.15) is 31.0 Å². The molecule has 0 saturated carbocycles. The molecule has 1 aromatic rings. The van der Waals surface area contributed by atoms with E-state index < -0.39 is 0 Å². The maximum atomic E-state index is 5.75. The summed E-state index contributed by atoms with van der Waals surface area (Å²) in [6, 6.07) is 6.44. The highest BCUT2D eigenvalue weighted by Crippen LogP contribution is 2.21. The second-order valence-corrected chi connectivity index (χ2v) is 3.85. The van der Waals surface area contributed by atoms with Crippen LogP contribution in [0.2, 0.25) is 0 Å². The molecule has 0 aliphatic rings. The highest BCUT2D eigenvalue weighted by molar-refractivity contribution is 9.10. The largest absolute Gasteiger partial charge is 0.324 e. The molecule has 0 spiro atoms. The molecule has 1 unspecified atom stereocenters. The Labute approximate surface area is 82.1 Å². The van der Waals surface area contributed by atoms with Crippen LogP contribution >= 0.6 is 15.9 Å². The van der Waals surface area contributed by atoms with E-state index in [9.17, 15) is 0 Å². The molecule has 0 aliphatic carbocycles. The van der Waals surface area contributed by atoms with Crippen LogP contribution in [-0.2, 0) is 6.42 Å². The fraction of sp³-hybridized carbons (Fsp3) is 0.400. The van der Waals surface area contributed by atoms with Crippen LogP contribution in [-0.4, -0.2) is 0 Å². The van der Waals surface area contributed by atoms with Gasteiger partial charge in [0.25, 0.3) is 0 Å². The Bertz CT molecular complexity index is 269. The summed E-state index contributed by atoms with van der Waals surface area (Å²) >= 11 is 3.52. The lowest BCUT2D eigenvalue weighted by Gasteiger charge is -2.08. The van der Waals surface area contributed by atoms with Gasteiger partial charge in [-0.05, 0) is 30.5 Å². The minimum Gasteiger partial charge on any atom is -0.324 e. The van der Waals surface area contributed by atoms with Crippen molar-refractivity contribution in [2.45, 2.75) is 26.3 Å². The number of hydrogen-bond donors (Lipinski definition) is 1. The zero-order valence-corrected chi connectivity index (χ0v) is 9.06. The average molecular weight is 228 g/mol. The quantitative estimate of drug-likeness (QED) is 0.827. The van der Waals surface area contributed by atoms with E-state index in [0.29, 0.717) is 0 Å². The summed E-state index contributed by atoms with van der Waals surface area (Å²) in [7, 11) is 0. The predicted molar refractivity (Wildman–Crippen MR) is 56.1 cm³/mol. The van der Waals surface area contributed by atoms with E-state index in [2.05, 4.69) is 41.1 Å². The van der Waals surface area contributed by atoms with Crippen molar-refractivity contribution in [3.8, 4) is 0 Å². The number of benzene rings is 1. The average Bonchev–Trinajstić information content (AvgIpc) is 2.04. The second-order valence-electron chi connectivity index (χ2n) is 2.99. The molecule has 0 amide bonds. The van der Waals surface area contributed by atoms with Gasteiger partial charge < -0.3 is 5.73 Å². The Morgan fingerprint density at radius 2 is 2.17 bits per heavy atom. The van der Waals surface area contributed by atoms with Crippen LogP contribution in [0.15, 0.2) is 22.7 Å². The van der Waals surface area contributed by atoms with Gasteiger partial charge in [0, 0.05) is 10.5 Å². The first-order valence-corrected chi connectivity index (χ1v) is 4.98. The van der Waals surface area contributed by atoms with Gasteiger partial charge in [-0.25, -0.2) is 0 Å². The molecule has 2 N–H and O–H groups in total. The lowest BCUT2D eigenvalue weighted by Crippen LogP contribution is -2.04. The number of halogens is 1. The van der Waals surface area contributed by atoms with E-state index in [1.54, 1.807) is 0 Å². The highest BCUT2D eigenvalue weighted by atomic mass is 79.9. The summed E-state index contributed by atoms with van der Waals surface area (Å²) in [5.74, 6) is 0. The van der Waals surface area contributed by atoms with Crippen molar-refractivity contribution in [2.75, 3.05) is 0 Å². The molecule has 66 valence electrons. The molecule has 0 aromatic heterocycles. The Morgan fingerprint density at radius 3 is 2.58 bits per heavy atom. The first-order valence-electron chi connectivity index (χ1n) is 4.19. The van der Waals surface area contributed by atoms with Gasteiger partial charge in [0.1, 0.15) is 0 Å². The summed E-state index contributed by atoms with van der Waals surface area (Å²) < 4.78 is 1.17. The van der Waals surface area contributed by atoms with Crippen LogP contribution < -0.4 is 5.73 Å². The fourth-order valence-electron chi connectivity index (χ4n) is 1.13. The van der Waals surface area contributed by atoms with Crippen molar-refractivity contribution < 1.29 is 0 Å². The monoisotopic (exact) mass is 227 g/mol. The van der Waals surface area contributed by atoms with Gasteiger partial charge in [-0.1, -0.05) is 35.0 Å². The third-order valence-corrected chi connectivity index (χ3v) is 2.72. The second kappa shape index (κ2) is 4.06. The molecule has 0 radical (unpaired) electrons. The molecule has 1 nitrogen and oxygen atoms in total. The molecule has 2 heteroatoms. The molecule has 0 saturated heterocycles. The van der Waals surface area contributed by atoms with E-state index in [1.807, 2.05) is 6.92 Å². The van der Waals surface area contributed by atoms with E-state index in [0.717, 1.165) is 6.42 Å². The molecule has 0 fully saturated rings. The van der Waals surface area contributed by atoms with E-state index in [4.69, 9.17) is 5.73 Å². The molecule has 0 bridgehead atoms. The van der Waals surface area contributed by atoms with Crippen molar-refractivity contribution in [2.24, 2.45) is 5.73 Å². The highest BCUT2D eigenvalue weighted by Gasteiger charge is 2.02. The van der Waals surface area contributed by atoms with Crippen LogP contribution in [0.4, 0.5) is 0 Å². The molecule has 12 heavy (non-hydrogen) atoms. The predicted octanol–water partition coefficient (Wildman–Crippen LogP) is 3.03. The Balaban J connectivity index is 3.02. The summed E-state index contributed by atoms with van der Waals surface area (Å²) in [6.45, 7) is 4.14. The minimum absolute atomic E-state index is 0.118. The van der Waals surface area contributed by atoms with Crippen molar-refractivity contribution in [1.29, 1.82) is 0 Å². The Kier molecular flexibility index (Phi) is 3.29. The third-order valence-electron chi connectivity index (χ3n) is 1.98. The lowest BCUT2D eigenvalue weighted by atomic mass is 10.1. The van der Waals surface area contributed by atoms with Gasteiger partial charge in [0.05, 0.1) is 0 Å². The van der Waals surface area contributed by atoms with Gasteiger partial charge in [-0.15, -0.1) is 0 Å². The van der Waals surface area contributed by atoms with Crippen LogP contribution in [0.25, 0.3) is 0 Å². The SMILES string of the molecule is CCc1ccc(C(C)N)cc1Br. The summed E-state index contributed by atoms with van der Waals surface area (Å²) in [4.78, 5) is 0. The smallest absolute Gasteiger partial charge is 0.0266 e. The maximum absolute atomic E-state index is 5.75.